The highest BCUT2D eigenvalue weighted by atomic mass is 35.5. The number of rotatable bonds is 10. The maximum atomic E-state index is 13.9. The Morgan fingerprint density at radius 3 is 2.08 bits per heavy atom. The van der Waals surface area contributed by atoms with E-state index in [0.717, 1.165) is 0 Å². The molecule has 0 saturated carbocycles. The summed E-state index contributed by atoms with van der Waals surface area (Å²) in [6.07, 6.45) is -9.96. The van der Waals surface area contributed by atoms with Crippen LogP contribution in [0.5, 0.6) is 0 Å². The molecule has 0 aromatic heterocycles. The summed E-state index contributed by atoms with van der Waals surface area (Å²) >= 11 is 6.23. The van der Waals surface area contributed by atoms with Crippen LogP contribution in [-0.2, 0) is 43.5 Å². The van der Waals surface area contributed by atoms with E-state index in [9.17, 15) is 35.9 Å². The highest BCUT2D eigenvalue weighted by Crippen LogP contribution is 2.43. The molecule has 1 aliphatic rings. The molecular weight excluding hydrogens is 664 g/mol. The molecule has 1 amide bonds. The van der Waals surface area contributed by atoms with Crippen molar-refractivity contribution in [3.05, 3.63) is 118 Å². The van der Waals surface area contributed by atoms with E-state index in [1.165, 1.54) is 17.9 Å². The number of halogens is 7. The minimum atomic E-state index is -5.03. The molecule has 4 rings (SSSR count). The Morgan fingerprint density at radius 2 is 1.52 bits per heavy atom. The summed E-state index contributed by atoms with van der Waals surface area (Å²) in [6, 6.07) is 18.9. The first-order valence-corrected chi connectivity index (χ1v) is 15.5. The van der Waals surface area contributed by atoms with Gasteiger partial charge in [0, 0.05) is 6.54 Å². The van der Waals surface area contributed by atoms with Gasteiger partial charge in [-0.3, -0.25) is 4.90 Å². The molecule has 3 atom stereocenters. The van der Waals surface area contributed by atoms with Crippen LogP contribution in [0.1, 0.15) is 60.6 Å². The molecule has 0 spiro atoms. The Bertz CT molecular complexity index is 1550. The number of hydrogen-bond donors (Lipinski definition) is 0. The van der Waals surface area contributed by atoms with Crippen LogP contribution in [-0.4, -0.2) is 36.7 Å². The second-order valence-electron chi connectivity index (χ2n) is 11.4. The fourth-order valence-electron chi connectivity index (χ4n) is 5.57. The summed E-state index contributed by atoms with van der Waals surface area (Å²) in [5.74, 6) is -1.16. The highest BCUT2D eigenvalue weighted by molar-refractivity contribution is 6.41. The first kappa shape index (κ1) is 36.8. The van der Waals surface area contributed by atoms with Crippen molar-refractivity contribution >= 4 is 23.7 Å². The topological polar surface area (TPSA) is 65.1 Å². The van der Waals surface area contributed by atoms with E-state index < -0.39 is 53.1 Å². The van der Waals surface area contributed by atoms with Gasteiger partial charge in [-0.1, -0.05) is 78.3 Å². The number of carbonyl (C=O) groups is 2. The van der Waals surface area contributed by atoms with Crippen molar-refractivity contribution in [3.8, 4) is 0 Å². The number of nitrogens with zero attached hydrogens (tertiary/aromatic N) is 1. The number of hydrogen-bond acceptors (Lipinski definition) is 5. The standard InChI is InChI=1S/C35H34ClF6NO5/c1-3-46-31(44)30(36)16-25-14-15-33(27-12-8-5-9-13-27,43(20-25)32(45)47-21-24-10-6-4-7-11-24)22-48-23(2)26-17-28(34(37,38)39)19-29(18-26)35(40,41)42/h4-13,16-19,23,25H,3,14-15,20-22H2,1-2H3/b30-16-/t23?,25?,33-/m1/s1. The van der Waals surface area contributed by atoms with Crippen LogP contribution >= 0.6 is 11.6 Å². The summed E-state index contributed by atoms with van der Waals surface area (Å²) in [5.41, 5.74) is -3.21. The van der Waals surface area contributed by atoms with Crippen molar-refractivity contribution in [1.29, 1.82) is 0 Å². The fourth-order valence-corrected chi connectivity index (χ4v) is 5.80. The van der Waals surface area contributed by atoms with Crippen molar-refractivity contribution < 1.29 is 50.1 Å². The lowest BCUT2D eigenvalue weighted by atomic mass is 9.77. The summed E-state index contributed by atoms with van der Waals surface area (Å²) in [6.45, 7) is 2.70. The normalized spacial score (nSPS) is 19.5. The number of alkyl halides is 6. The molecule has 1 fully saturated rings. The molecule has 0 N–H and O–H groups in total. The average molecular weight is 698 g/mol. The maximum Gasteiger partial charge on any atom is 0.416 e. The van der Waals surface area contributed by atoms with Gasteiger partial charge in [-0.2, -0.15) is 26.3 Å². The van der Waals surface area contributed by atoms with E-state index in [-0.39, 0.29) is 49.4 Å². The third kappa shape index (κ3) is 9.10. The van der Waals surface area contributed by atoms with Gasteiger partial charge in [-0.05, 0) is 67.5 Å². The third-order valence-corrected chi connectivity index (χ3v) is 8.38. The van der Waals surface area contributed by atoms with Gasteiger partial charge in [0.15, 0.2) is 0 Å². The summed E-state index contributed by atoms with van der Waals surface area (Å²) in [4.78, 5) is 27.6. The number of amides is 1. The smallest absolute Gasteiger partial charge is 0.416 e. The van der Waals surface area contributed by atoms with Gasteiger partial charge in [0.2, 0.25) is 0 Å². The predicted octanol–water partition coefficient (Wildman–Crippen LogP) is 9.43. The van der Waals surface area contributed by atoms with Gasteiger partial charge in [-0.15, -0.1) is 0 Å². The van der Waals surface area contributed by atoms with Crippen molar-refractivity contribution in [2.24, 2.45) is 5.92 Å². The largest absolute Gasteiger partial charge is 0.462 e. The van der Waals surface area contributed by atoms with E-state index in [4.69, 9.17) is 25.8 Å². The average Bonchev–Trinajstić information content (AvgIpc) is 3.06. The van der Waals surface area contributed by atoms with Crippen LogP contribution in [0.15, 0.2) is 90.0 Å². The van der Waals surface area contributed by atoms with Crippen LogP contribution in [0.25, 0.3) is 0 Å². The van der Waals surface area contributed by atoms with Crippen LogP contribution in [0, 0.1) is 5.92 Å². The lowest BCUT2D eigenvalue weighted by Gasteiger charge is -2.49. The molecule has 3 aromatic rings. The van der Waals surface area contributed by atoms with Crippen LogP contribution in [0.4, 0.5) is 31.1 Å². The molecule has 0 radical (unpaired) electrons. The van der Waals surface area contributed by atoms with Gasteiger partial charge >= 0.3 is 24.4 Å². The Labute approximate surface area is 279 Å². The second kappa shape index (κ2) is 15.5. The quantitative estimate of drug-likeness (QED) is 0.120. The number of benzene rings is 3. The molecular formula is C35H34ClF6NO5. The Kier molecular flexibility index (Phi) is 11.9. The van der Waals surface area contributed by atoms with Gasteiger partial charge < -0.3 is 14.2 Å². The summed E-state index contributed by atoms with van der Waals surface area (Å²) in [5, 5.41) is -0.165. The monoisotopic (exact) mass is 697 g/mol. The van der Waals surface area contributed by atoms with Crippen molar-refractivity contribution in [3.63, 3.8) is 0 Å². The number of carbonyl (C=O) groups excluding carboxylic acids is 2. The molecule has 1 heterocycles. The van der Waals surface area contributed by atoms with Crippen LogP contribution < -0.4 is 0 Å². The number of likely N-dealkylation sites (tertiary alicyclic amines) is 1. The van der Waals surface area contributed by atoms with Gasteiger partial charge in [0.05, 0.1) is 36.0 Å². The van der Waals surface area contributed by atoms with E-state index in [1.54, 1.807) is 67.6 Å². The van der Waals surface area contributed by atoms with Crippen LogP contribution in [0.3, 0.4) is 0 Å². The van der Waals surface area contributed by atoms with E-state index >= 15 is 0 Å². The molecule has 258 valence electrons. The lowest BCUT2D eigenvalue weighted by molar-refractivity contribution is -0.143. The third-order valence-electron chi connectivity index (χ3n) is 8.10. The highest BCUT2D eigenvalue weighted by Gasteiger charge is 2.47. The zero-order chi connectivity index (χ0) is 35.1. The van der Waals surface area contributed by atoms with Crippen molar-refractivity contribution in [1.82, 2.24) is 4.90 Å². The second-order valence-corrected chi connectivity index (χ2v) is 11.8. The molecule has 0 aliphatic carbocycles. The Morgan fingerprint density at radius 1 is 0.938 bits per heavy atom. The van der Waals surface area contributed by atoms with E-state index in [0.29, 0.717) is 29.7 Å². The van der Waals surface area contributed by atoms with Gasteiger partial charge in [0.25, 0.3) is 0 Å². The SMILES string of the molecule is CCOC(=O)/C(Cl)=C/C1CC[C@@](COC(C)c2cc(C(F)(F)F)cc(C(F)(F)F)c2)(c2ccccc2)N(C(=O)OCc2ccccc2)C1. The molecule has 48 heavy (non-hydrogen) atoms. The zero-order valence-corrected chi connectivity index (χ0v) is 26.9. The van der Waals surface area contributed by atoms with E-state index in [1.807, 2.05) is 0 Å². The molecule has 3 aromatic carbocycles. The molecule has 1 saturated heterocycles. The van der Waals surface area contributed by atoms with Crippen molar-refractivity contribution in [2.75, 3.05) is 19.8 Å². The van der Waals surface area contributed by atoms with Crippen molar-refractivity contribution in [2.45, 2.75) is 57.3 Å². The van der Waals surface area contributed by atoms with Gasteiger partial charge in [0.1, 0.15) is 11.6 Å². The minimum absolute atomic E-state index is 0.00232. The molecule has 0 bridgehead atoms. The molecule has 13 heteroatoms. The zero-order valence-electron chi connectivity index (χ0n) is 26.1. The van der Waals surface area contributed by atoms with Gasteiger partial charge in [-0.25, -0.2) is 9.59 Å². The van der Waals surface area contributed by atoms with Crippen LogP contribution in [0.2, 0.25) is 0 Å². The molecule has 1 aliphatic heterocycles. The summed E-state index contributed by atoms with van der Waals surface area (Å²) < 4.78 is 98.4. The maximum absolute atomic E-state index is 13.9. The molecule has 6 nitrogen and oxygen atoms in total. The predicted molar refractivity (Wildman–Crippen MR) is 166 cm³/mol. The summed E-state index contributed by atoms with van der Waals surface area (Å²) in [7, 11) is 0. The number of ether oxygens (including phenoxy) is 3. The fraction of sp³-hybridized carbons (Fsp3) is 0.371. The first-order valence-electron chi connectivity index (χ1n) is 15.1. The first-order chi connectivity index (χ1) is 22.6. The Balaban J connectivity index is 1.71. The van der Waals surface area contributed by atoms with E-state index in [2.05, 4.69) is 0 Å². The lowest BCUT2D eigenvalue weighted by Crippen LogP contribution is -2.57. The molecule has 2 unspecified atom stereocenters. The number of piperidine rings is 1. The Hall–Kier alpha value is -4.03. The number of esters is 1. The minimum Gasteiger partial charge on any atom is -0.462 e.